The smallest absolute Gasteiger partial charge is 0.134 e. The van der Waals surface area contributed by atoms with E-state index in [1.54, 1.807) is 13.2 Å². The molecule has 1 N–H and O–H groups in total. The molecule has 5 heteroatoms. The average Bonchev–Trinajstić information content (AvgIpc) is 2.22. The lowest BCUT2D eigenvalue weighted by Crippen LogP contribution is -2.09. The van der Waals surface area contributed by atoms with Crippen molar-refractivity contribution in [3.63, 3.8) is 0 Å². The van der Waals surface area contributed by atoms with E-state index in [-0.39, 0.29) is 0 Å². The van der Waals surface area contributed by atoms with Gasteiger partial charge in [0.2, 0.25) is 0 Å². The molecule has 1 aromatic heterocycles. The van der Waals surface area contributed by atoms with E-state index in [4.69, 9.17) is 16.3 Å². The Bertz CT molecular complexity index is 345. The lowest BCUT2D eigenvalue weighted by molar-refractivity contribution is 0.198. The quantitative estimate of drug-likeness (QED) is 0.603. The van der Waals surface area contributed by atoms with Crippen LogP contribution in [0.25, 0.3) is 0 Å². The SMILES string of the molecule is COCCCNc1cc(Cl)nc(CC(C)C)n1. The topological polar surface area (TPSA) is 47.0 Å². The van der Waals surface area contributed by atoms with Crippen LogP contribution in [0, 0.1) is 5.92 Å². The molecule has 0 fully saturated rings. The standard InChI is InChI=1S/C12H20ClN3O/c1-9(2)7-12-15-10(13)8-11(16-12)14-5-4-6-17-3/h8-9H,4-7H2,1-3H3,(H,14,15,16). The normalized spacial score (nSPS) is 10.9. The van der Waals surface area contributed by atoms with Crippen LogP contribution >= 0.6 is 11.6 Å². The van der Waals surface area contributed by atoms with Crippen molar-refractivity contribution in [1.82, 2.24) is 9.97 Å². The van der Waals surface area contributed by atoms with Gasteiger partial charge in [-0.2, -0.15) is 0 Å². The van der Waals surface area contributed by atoms with Crippen molar-refractivity contribution in [1.29, 1.82) is 0 Å². The lowest BCUT2D eigenvalue weighted by Gasteiger charge is -2.08. The average molecular weight is 258 g/mol. The van der Waals surface area contributed by atoms with Crippen LogP contribution in [0.4, 0.5) is 5.82 Å². The molecule has 4 nitrogen and oxygen atoms in total. The molecule has 0 unspecified atom stereocenters. The summed E-state index contributed by atoms with van der Waals surface area (Å²) in [4.78, 5) is 8.63. The van der Waals surface area contributed by atoms with Gasteiger partial charge >= 0.3 is 0 Å². The highest BCUT2D eigenvalue weighted by atomic mass is 35.5. The summed E-state index contributed by atoms with van der Waals surface area (Å²) in [6, 6.07) is 1.75. The zero-order valence-corrected chi connectivity index (χ0v) is 11.4. The Kier molecular flexibility index (Phi) is 6.22. The predicted molar refractivity (Wildman–Crippen MR) is 70.6 cm³/mol. The molecule has 1 heterocycles. The summed E-state index contributed by atoms with van der Waals surface area (Å²) < 4.78 is 4.98. The summed E-state index contributed by atoms with van der Waals surface area (Å²) in [5, 5.41) is 3.71. The van der Waals surface area contributed by atoms with Gasteiger partial charge in [0.1, 0.15) is 16.8 Å². The minimum Gasteiger partial charge on any atom is -0.385 e. The molecule has 0 amide bonds. The molecular formula is C12H20ClN3O. The fraction of sp³-hybridized carbons (Fsp3) is 0.667. The fourth-order valence-electron chi connectivity index (χ4n) is 1.44. The van der Waals surface area contributed by atoms with Crippen LogP contribution in [0.1, 0.15) is 26.1 Å². The van der Waals surface area contributed by atoms with Gasteiger partial charge < -0.3 is 10.1 Å². The molecule has 0 aliphatic rings. The number of nitrogens with zero attached hydrogens (tertiary/aromatic N) is 2. The van der Waals surface area contributed by atoms with Crippen molar-refractivity contribution < 1.29 is 4.74 Å². The Balaban J connectivity index is 2.56. The van der Waals surface area contributed by atoms with Crippen LogP contribution in [0.2, 0.25) is 5.15 Å². The number of nitrogens with one attached hydrogen (secondary N) is 1. The van der Waals surface area contributed by atoms with Gasteiger partial charge in [-0.25, -0.2) is 9.97 Å². The van der Waals surface area contributed by atoms with Gasteiger partial charge in [0.05, 0.1) is 0 Å². The van der Waals surface area contributed by atoms with E-state index in [0.29, 0.717) is 11.1 Å². The molecule has 0 saturated heterocycles. The molecule has 0 spiro atoms. The van der Waals surface area contributed by atoms with Gasteiger partial charge in [-0.05, 0) is 12.3 Å². The highest BCUT2D eigenvalue weighted by Gasteiger charge is 2.05. The zero-order chi connectivity index (χ0) is 12.7. The van der Waals surface area contributed by atoms with Crippen LogP contribution < -0.4 is 5.32 Å². The maximum atomic E-state index is 5.96. The van der Waals surface area contributed by atoms with E-state index in [2.05, 4.69) is 29.1 Å². The molecule has 17 heavy (non-hydrogen) atoms. The third kappa shape index (κ3) is 5.84. The summed E-state index contributed by atoms with van der Waals surface area (Å²) in [6.45, 7) is 5.83. The fourth-order valence-corrected chi connectivity index (χ4v) is 1.65. The number of aromatic nitrogens is 2. The Morgan fingerprint density at radius 1 is 1.41 bits per heavy atom. The van der Waals surface area contributed by atoms with Gasteiger partial charge in [-0.1, -0.05) is 25.4 Å². The molecular weight excluding hydrogens is 238 g/mol. The molecule has 0 saturated carbocycles. The monoisotopic (exact) mass is 257 g/mol. The van der Waals surface area contributed by atoms with Gasteiger partial charge in [-0.15, -0.1) is 0 Å². The van der Waals surface area contributed by atoms with Crippen LogP contribution in [0.3, 0.4) is 0 Å². The second-order valence-electron chi connectivity index (χ2n) is 4.36. The van der Waals surface area contributed by atoms with Crippen molar-refractivity contribution in [3.05, 3.63) is 17.0 Å². The molecule has 1 aromatic rings. The first-order valence-corrected chi connectivity index (χ1v) is 6.26. The highest BCUT2D eigenvalue weighted by molar-refractivity contribution is 6.29. The maximum absolute atomic E-state index is 5.96. The minimum atomic E-state index is 0.491. The maximum Gasteiger partial charge on any atom is 0.134 e. The summed E-state index contributed by atoms with van der Waals surface area (Å²) in [5.41, 5.74) is 0. The second-order valence-corrected chi connectivity index (χ2v) is 4.75. The Labute approximate surface area is 108 Å². The number of hydrogen-bond donors (Lipinski definition) is 1. The molecule has 0 aromatic carbocycles. The van der Waals surface area contributed by atoms with Crippen LogP contribution in [-0.2, 0) is 11.2 Å². The number of hydrogen-bond acceptors (Lipinski definition) is 4. The van der Waals surface area contributed by atoms with Crippen molar-refractivity contribution in [2.75, 3.05) is 25.6 Å². The van der Waals surface area contributed by atoms with Crippen LogP contribution in [-0.4, -0.2) is 30.2 Å². The van der Waals surface area contributed by atoms with E-state index in [1.165, 1.54) is 0 Å². The van der Waals surface area contributed by atoms with Crippen LogP contribution in [0.5, 0.6) is 0 Å². The number of halogens is 1. The Morgan fingerprint density at radius 3 is 2.82 bits per heavy atom. The van der Waals surface area contributed by atoms with E-state index in [1.807, 2.05) is 0 Å². The molecule has 0 aliphatic heterocycles. The molecule has 0 bridgehead atoms. The van der Waals surface area contributed by atoms with Gasteiger partial charge in [0.25, 0.3) is 0 Å². The Hall–Kier alpha value is -0.870. The van der Waals surface area contributed by atoms with E-state index < -0.39 is 0 Å². The van der Waals surface area contributed by atoms with Gasteiger partial charge in [0.15, 0.2) is 0 Å². The van der Waals surface area contributed by atoms with Crippen LogP contribution in [0.15, 0.2) is 6.07 Å². The highest BCUT2D eigenvalue weighted by Crippen LogP contribution is 2.13. The summed E-state index contributed by atoms with van der Waals surface area (Å²) in [6.07, 6.45) is 1.78. The lowest BCUT2D eigenvalue weighted by atomic mass is 10.1. The molecule has 1 rings (SSSR count). The predicted octanol–water partition coefficient (Wildman–Crippen LogP) is 2.78. The molecule has 96 valence electrons. The number of anilines is 1. The number of ether oxygens (including phenoxy) is 1. The largest absolute Gasteiger partial charge is 0.385 e. The van der Waals surface area contributed by atoms with Gasteiger partial charge in [-0.3, -0.25) is 0 Å². The molecule has 0 radical (unpaired) electrons. The van der Waals surface area contributed by atoms with E-state index in [9.17, 15) is 0 Å². The van der Waals surface area contributed by atoms with Crippen molar-refractivity contribution in [2.24, 2.45) is 5.92 Å². The van der Waals surface area contributed by atoms with Gasteiger partial charge in [0, 0.05) is 32.7 Å². The summed E-state index contributed by atoms with van der Waals surface area (Å²) in [5.74, 6) is 2.10. The first-order chi connectivity index (χ1) is 8.11. The third-order valence-electron chi connectivity index (χ3n) is 2.16. The first-order valence-electron chi connectivity index (χ1n) is 5.88. The minimum absolute atomic E-state index is 0.491. The van der Waals surface area contributed by atoms with Crippen molar-refractivity contribution >= 4 is 17.4 Å². The second kappa shape index (κ2) is 7.45. The third-order valence-corrected chi connectivity index (χ3v) is 2.36. The zero-order valence-electron chi connectivity index (χ0n) is 10.7. The van der Waals surface area contributed by atoms with Crippen molar-refractivity contribution in [2.45, 2.75) is 26.7 Å². The van der Waals surface area contributed by atoms with Crippen molar-refractivity contribution in [3.8, 4) is 0 Å². The Morgan fingerprint density at radius 2 is 2.18 bits per heavy atom. The first kappa shape index (κ1) is 14.2. The van der Waals surface area contributed by atoms with E-state index in [0.717, 1.165) is 37.6 Å². The molecule has 0 atom stereocenters. The summed E-state index contributed by atoms with van der Waals surface area (Å²) >= 11 is 5.96. The van der Waals surface area contributed by atoms with E-state index >= 15 is 0 Å². The number of rotatable bonds is 7. The molecule has 0 aliphatic carbocycles. The summed E-state index contributed by atoms with van der Waals surface area (Å²) in [7, 11) is 1.70. The number of methoxy groups -OCH3 is 1.